The van der Waals surface area contributed by atoms with Crippen LogP contribution in [-0.4, -0.2) is 31.4 Å². The Hall–Kier alpha value is -2.18. The number of rotatable bonds is 9. The third kappa shape index (κ3) is 5.97. The van der Waals surface area contributed by atoms with Crippen LogP contribution < -0.4 is 10.6 Å². The van der Waals surface area contributed by atoms with Crippen molar-refractivity contribution >= 4 is 24.9 Å². The minimum Gasteiger partial charge on any atom is -0.369 e. The van der Waals surface area contributed by atoms with Gasteiger partial charge in [-0.1, -0.05) is 86.3 Å². The predicted octanol–water partition coefficient (Wildman–Crippen LogP) is 4.95. The van der Waals surface area contributed by atoms with Gasteiger partial charge in [0, 0.05) is 14.1 Å². The molecule has 0 spiro atoms. The maximum absolute atomic E-state index is 4.77. The van der Waals surface area contributed by atoms with Crippen LogP contribution in [0, 0.1) is 0 Å². The second-order valence-electron chi connectivity index (χ2n) is 6.39. The molecule has 2 aromatic carbocycles. The average molecular weight is 364 g/mol. The normalized spacial score (nSPS) is 13.2. The molecule has 1 atom stereocenters. The van der Waals surface area contributed by atoms with Gasteiger partial charge in [0.25, 0.3) is 0 Å². The van der Waals surface area contributed by atoms with E-state index < -0.39 is 7.92 Å². The molecule has 0 aliphatic heterocycles. The summed E-state index contributed by atoms with van der Waals surface area (Å²) in [6, 6.07) is 21.9. The molecule has 0 saturated carbocycles. The van der Waals surface area contributed by atoms with E-state index >= 15 is 0 Å². The van der Waals surface area contributed by atoms with Gasteiger partial charge in [0.05, 0.1) is 12.4 Å². The summed E-state index contributed by atoms with van der Waals surface area (Å²) in [6.07, 6.45) is 8.00. The van der Waals surface area contributed by atoms with Crippen LogP contribution >= 0.6 is 7.92 Å². The molecule has 0 aliphatic carbocycles. The second-order valence-corrected chi connectivity index (χ2v) is 8.67. The van der Waals surface area contributed by atoms with Crippen molar-refractivity contribution in [2.75, 3.05) is 14.1 Å². The highest BCUT2D eigenvalue weighted by atomic mass is 31.1. The number of benzene rings is 2. The molecule has 0 fully saturated rings. The van der Waals surface area contributed by atoms with Crippen molar-refractivity contribution in [3.05, 3.63) is 84.7 Å². The molecule has 2 nitrogen and oxygen atoms in total. The maximum Gasteiger partial charge on any atom is 0.0848 e. The molecule has 0 unspecified atom stereocenters. The Kier molecular flexibility index (Phi) is 8.31. The zero-order valence-electron chi connectivity index (χ0n) is 16.0. The monoisotopic (exact) mass is 364 g/mol. The van der Waals surface area contributed by atoms with Crippen molar-refractivity contribution in [3.8, 4) is 0 Å². The van der Waals surface area contributed by atoms with Crippen molar-refractivity contribution in [1.29, 1.82) is 0 Å². The number of hydrogen-bond acceptors (Lipinski definition) is 1. The van der Waals surface area contributed by atoms with Gasteiger partial charge in [-0.05, 0) is 36.7 Å². The first-order valence-electron chi connectivity index (χ1n) is 9.07. The van der Waals surface area contributed by atoms with Gasteiger partial charge in [0.1, 0.15) is 0 Å². The molecule has 2 aromatic rings. The summed E-state index contributed by atoms with van der Waals surface area (Å²) in [5.74, 6) is 0. The first-order valence-corrected chi connectivity index (χ1v) is 10.4. The summed E-state index contributed by atoms with van der Waals surface area (Å²) < 4.78 is 0. The number of nitrogens with zero attached hydrogens (tertiary/aromatic N) is 2. The molecular weight excluding hydrogens is 335 g/mol. The van der Waals surface area contributed by atoms with Gasteiger partial charge in [-0.25, -0.2) is 0 Å². The molecule has 136 valence electrons. The van der Waals surface area contributed by atoms with Crippen LogP contribution in [0.3, 0.4) is 0 Å². The van der Waals surface area contributed by atoms with Crippen LogP contribution in [0.15, 0.2) is 89.7 Å². The van der Waals surface area contributed by atoms with Crippen LogP contribution in [0.2, 0.25) is 0 Å². The molecule has 0 aromatic heterocycles. The third-order valence-electron chi connectivity index (χ3n) is 4.05. The third-order valence-corrected chi connectivity index (χ3v) is 6.59. The highest BCUT2D eigenvalue weighted by Gasteiger charge is 2.20. The van der Waals surface area contributed by atoms with E-state index in [0.717, 1.165) is 12.8 Å². The zero-order chi connectivity index (χ0) is 18.8. The molecule has 0 bridgehead atoms. The number of aliphatic imine (C=N–C) groups is 1. The topological polar surface area (TPSA) is 15.6 Å². The van der Waals surface area contributed by atoms with Crippen LogP contribution in [0.25, 0.3) is 0 Å². The highest BCUT2D eigenvalue weighted by molar-refractivity contribution is 7.76. The van der Waals surface area contributed by atoms with E-state index in [4.69, 9.17) is 4.99 Å². The van der Waals surface area contributed by atoms with Crippen molar-refractivity contribution < 1.29 is 0 Å². The van der Waals surface area contributed by atoms with Crippen LogP contribution in [0.4, 0.5) is 0 Å². The van der Waals surface area contributed by atoms with Crippen LogP contribution in [0.5, 0.6) is 0 Å². The van der Waals surface area contributed by atoms with Crippen molar-refractivity contribution in [2.45, 2.75) is 25.8 Å². The maximum atomic E-state index is 4.77. The van der Waals surface area contributed by atoms with Crippen LogP contribution in [-0.2, 0) is 0 Å². The fourth-order valence-electron chi connectivity index (χ4n) is 2.78. The molecule has 0 heterocycles. The predicted molar refractivity (Wildman–Crippen MR) is 118 cm³/mol. The van der Waals surface area contributed by atoms with E-state index in [2.05, 4.69) is 80.2 Å². The molecule has 2 rings (SSSR count). The van der Waals surface area contributed by atoms with Crippen molar-refractivity contribution in [1.82, 2.24) is 4.90 Å². The average Bonchev–Trinajstić information content (AvgIpc) is 2.67. The van der Waals surface area contributed by atoms with E-state index in [9.17, 15) is 0 Å². The molecule has 0 saturated heterocycles. The van der Waals surface area contributed by atoms with Crippen molar-refractivity contribution in [2.24, 2.45) is 4.99 Å². The van der Waals surface area contributed by atoms with Gasteiger partial charge < -0.3 is 4.90 Å². The van der Waals surface area contributed by atoms with Gasteiger partial charge in [-0.3, -0.25) is 4.99 Å². The molecule has 0 amide bonds. The first kappa shape index (κ1) is 20.1. The van der Waals surface area contributed by atoms with Gasteiger partial charge in [-0.15, -0.1) is 0 Å². The Bertz CT molecular complexity index is 681. The second kappa shape index (κ2) is 10.7. The largest absolute Gasteiger partial charge is 0.369 e. The van der Waals surface area contributed by atoms with Gasteiger partial charge >= 0.3 is 0 Å². The van der Waals surface area contributed by atoms with E-state index in [1.165, 1.54) is 15.9 Å². The fraction of sp³-hybridized carbons (Fsp3) is 0.261. The van der Waals surface area contributed by atoms with Gasteiger partial charge in [0.15, 0.2) is 0 Å². The standard InChI is InChI=1S/C23H29N2P/c1-5-13-23(18-20(6-2)24-19-25(3)4)26(21-14-9-7-10-15-21)22-16-11-8-12-17-22/h5,7-17,19-20H,1,6,18H2,2-4H3/b23-13+,24-19?/t20-/m1/s1. The first-order chi connectivity index (χ1) is 12.7. The van der Waals surface area contributed by atoms with E-state index in [1.807, 2.05) is 31.4 Å². The molecule has 26 heavy (non-hydrogen) atoms. The Balaban J connectivity index is 2.41. The Labute approximate surface area is 159 Å². The summed E-state index contributed by atoms with van der Waals surface area (Å²) >= 11 is 0. The minimum absolute atomic E-state index is 0.279. The molecule has 3 heteroatoms. The molecule has 0 radical (unpaired) electrons. The molecule has 0 aliphatic rings. The summed E-state index contributed by atoms with van der Waals surface area (Å²) in [6.45, 7) is 6.17. The SMILES string of the molecule is C=C/C=C(\C[C@@H](CC)N=CN(C)C)P(c1ccccc1)c1ccccc1. The number of allylic oxidation sites excluding steroid dienone is 2. The van der Waals surface area contributed by atoms with Crippen LogP contribution in [0.1, 0.15) is 19.8 Å². The lowest BCUT2D eigenvalue weighted by molar-refractivity contribution is 0.606. The summed E-state index contributed by atoms with van der Waals surface area (Å²) in [5.41, 5.74) is 0. The Morgan fingerprint density at radius 1 is 1.04 bits per heavy atom. The lowest BCUT2D eigenvalue weighted by Gasteiger charge is -2.24. The molecule has 0 N–H and O–H groups in total. The van der Waals surface area contributed by atoms with Gasteiger partial charge in [0.2, 0.25) is 0 Å². The van der Waals surface area contributed by atoms with E-state index in [-0.39, 0.29) is 6.04 Å². The minimum atomic E-state index is -0.582. The number of hydrogen-bond donors (Lipinski definition) is 0. The Morgan fingerprint density at radius 3 is 2.00 bits per heavy atom. The lowest BCUT2D eigenvalue weighted by Crippen LogP contribution is -2.17. The zero-order valence-corrected chi connectivity index (χ0v) is 16.9. The summed E-state index contributed by atoms with van der Waals surface area (Å²) in [7, 11) is 3.44. The Morgan fingerprint density at radius 2 is 1.58 bits per heavy atom. The van der Waals surface area contributed by atoms with E-state index in [0.29, 0.717) is 0 Å². The van der Waals surface area contributed by atoms with E-state index in [1.54, 1.807) is 0 Å². The van der Waals surface area contributed by atoms with Crippen molar-refractivity contribution in [3.63, 3.8) is 0 Å². The fourth-order valence-corrected chi connectivity index (χ4v) is 5.33. The molecular formula is C23H29N2P. The van der Waals surface area contributed by atoms with Gasteiger partial charge in [-0.2, -0.15) is 0 Å². The highest BCUT2D eigenvalue weighted by Crippen LogP contribution is 2.45. The summed E-state index contributed by atoms with van der Waals surface area (Å²) in [5, 5.41) is 4.15. The smallest absolute Gasteiger partial charge is 0.0848 e. The lowest BCUT2D eigenvalue weighted by atomic mass is 10.1. The quantitative estimate of drug-likeness (QED) is 0.266. The summed E-state index contributed by atoms with van der Waals surface area (Å²) in [4.78, 5) is 6.77.